The van der Waals surface area contributed by atoms with Gasteiger partial charge in [0.25, 0.3) is 0 Å². The van der Waals surface area contributed by atoms with Crippen molar-refractivity contribution in [3.05, 3.63) is 54.0 Å². The first kappa shape index (κ1) is 15.9. The number of rotatable bonds is 6. The number of hydrogen-bond donors (Lipinski definition) is 1. The number of benzene rings is 1. The van der Waals surface area contributed by atoms with E-state index < -0.39 is 23.6 Å². The molecule has 4 nitrogen and oxygen atoms in total. The molecule has 0 fully saturated rings. The molecule has 1 unspecified atom stereocenters. The molecule has 0 radical (unpaired) electrons. The van der Waals surface area contributed by atoms with Crippen molar-refractivity contribution in [1.82, 2.24) is 0 Å². The van der Waals surface area contributed by atoms with Gasteiger partial charge in [-0.05, 0) is 36.4 Å². The molecule has 0 saturated heterocycles. The van der Waals surface area contributed by atoms with Crippen LogP contribution < -0.4 is 4.74 Å². The summed E-state index contributed by atoms with van der Waals surface area (Å²) in [5, 5.41) is 9.13. The van der Waals surface area contributed by atoms with E-state index in [2.05, 4.69) is 0 Å². The van der Waals surface area contributed by atoms with Crippen LogP contribution in [0.25, 0.3) is 0 Å². The molecular formula is C15H13F3O4. The highest BCUT2D eigenvalue weighted by atomic mass is 19.4. The Morgan fingerprint density at radius 1 is 1.23 bits per heavy atom. The number of halogens is 3. The van der Waals surface area contributed by atoms with Crippen molar-refractivity contribution in [2.45, 2.75) is 12.6 Å². The first-order chi connectivity index (χ1) is 10.4. The fourth-order valence-corrected chi connectivity index (χ4v) is 1.83. The highest BCUT2D eigenvalue weighted by molar-refractivity contribution is 5.70. The first-order valence-corrected chi connectivity index (χ1v) is 6.41. The van der Waals surface area contributed by atoms with Crippen molar-refractivity contribution in [2.24, 2.45) is 5.92 Å². The molecule has 2 aromatic rings. The molecule has 1 atom stereocenters. The Morgan fingerprint density at radius 3 is 2.41 bits per heavy atom. The zero-order chi connectivity index (χ0) is 16.2. The maximum Gasteiger partial charge on any atom is 0.416 e. The number of carboxylic acid groups (broad SMARTS) is 1. The predicted octanol–water partition coefficient (Wildman–Crippen LogP) is 3.62. The van der Waals surface area contributed by atoms with E-state index in [4.69, 9.17) is 14.3 Å². The van der Waals surface area contributed by atoms with Crippen molar-refractivity contribution in [3.63, 3.8) is 0 Å². The van der Waals surface area contributed by atoms with Gasteiger partial charge in [-0.3, -0.25) is 4.79 Å². The van der Waals surface area contributed by atoms with E-state index in [9.17, 15) is 18.0 Å². The summed E-state index contributed by atoms with van der Waals surface area (Å²) >= 11 is 0. The standard InChI is InChI=1S/C15H13F3O4/c16-15(17,18)11-3-5-12(6-4-11)22-9-10(14(19)20)8-13-2-1-7-21-13/h1-7,10H,8-9H2,(H,19,20). The van der Waals surface area contributed by atoms with Crippen LogP contribution in [-0.4, -0.2) is 17.7 Å². The molecule has 2 rings (SSSR count). The van der Waals surface area contributed by atoms with E-state index in [0.29, 0.717) is 5.76 Å². The molecule has 0 amide bonds. The van der Waals surface area contributed by atoms with Crippen molar-refractivity contribution >= 4 is 5.97 Å². The van der Waals surface area contributed by atoms with Gasteiger partial charge in [0.1, 0.15) is 18.1 Å². The average Bonchev–Trinajstić information content (AvgIpc) is 2.95. The summed E-state index contributed by atoms with van der Waals surface area (Å²) in [5.41, 5.74) is -0.787. The number of hydrogen-bond acceptors (Lipinski definition) is 3. The van der Waals surface area contributed by atoms with Gasteiger partial charge in [-0.25, -0.2) is 0 Å². The quantitative estimate of drug-likeness (QED) is 0.884. The van der Waals surface area contributed by atoms with Crippen LogP contribution in [0.2, 0.25) is 0 Å². The molecule has 7 heteroatoms. The van der Waals surface area contributed by atoms with E-state index >= 15 is 0 Å². The molecule has 1 aromatic carbocycles. The van der Waals surface area contributed by atoms with E-state index in [1.165, 1.54) is 6.26 Å². The highest BCUT2D eigenvalue weighted by Crippen LogP contribution is 2.30. The van der Waals surface area contributed by atoms with Crippen LogP contribution in [-0.2, 0) is 17.4 Å². The molecule has 1 heterocycles. The Bertz CT molecular complexity index is 603. The van der Waals surface area contributed by atoms with E-state index in [0.717, 1.165) is 24.3 Å². The minimum atomic E-state index is -4.42. The second-order valence-electron chi connectivity index (χ2n) is 4.65. The van der Waals surface area contributed by atoms with Crippen LogP contribution in [0.1, 0.15) is 11.3 Å². The van der Waals surface area contributed by atoms with Gasteiger partial charge in [-0.1, -0.05) is 0 Å². The largest absolute Gasteiger partial charge is 0.493 e. The number of furan rings is 1. The Balaban J connectivity index is 1.96. The van der Waals surface area contributed by atoms with Crippen LogP contribution in [0.3, 0.4) is 0 Å². The van der Waals surface area contributed by atoms with Gasteiger partial charge in [0, 0.05) is 6.42 Å². The summed E-state index contributed by atoms with van der Waals surface area (Å²) in [5.74, 6) is -1.24. The van der Waals surface area contributed by atoms with Crippen molar-refractivity contribution < 1.29 is 32.2 Å². The topological polar surface area (TPSA) is 59.7 Å². The van der Waals surface area contributed by atoms with Gasteiger partial charge in [-0.2, -0.15) is 13.2 Å². The molecular weight excluding hydrogens is 301 g/mol. The van der Waals surface area contributed by atoms with E-state index in [1.807, 2.05) is 0 Å². The fraction of sp³-hybridized carbons (Fsp3) is 0.267. The van der Waals surface area contributed by atoms with Crippen molar-refractivity contribution in [3.8, 4) is 5.75 Å². The third-order valence-corrected chi connectivity index (χ3v) is 3.01. The molecule has 0 aliphatic heterocycles. The number of carbonyl (C=O) groups is 1. The SMILES string of the molecule is O=C(O)C(COc1ccc(C(F)(F)F)cc1)Cc1ccco1. The second kappa shape index (κ2) is 6.55. The minimum Gasteiger partial charge on any atom is -0.493 e. The number of aliphatic carboxylic acids is 1. The van der Waals surface area contributed by atoms with Crippen LogP contribution in [0, 0.1) is 5.92 Å². The Hall–Kier alpha value is -2.44. The lowest BCUT2D eigenvalue weighted by Crippen LogP contribution is -2.23. The highest BCUT2D eigenvalue weighted by Gasteiger charge is 2.30. The maximum absolute atomic E-state index is 12.4. The summed E-state index contributed by atoms with van der Waals surface area (Å²) in [6, 6.07) is 7.39. The molecule has 0 saturated carbocycles. The maximum atomic E-state index is 12.4. The van der Waals surface area contributed by atoms with Gasteiger partial charge < -0.3 is 14.3 Å². The summed E-state index contributed by atoms with van der Waals surface area (Å²) in [6.45, 7) is -0.165. The zero-order valence-corrected chi connectivity index (χ0v) is 11.3. The normalized spacial score (nSPS) is 12.9. The van der Waals surface area contributed by atoms with E-state index in [-0.39, 0.29) is 18.8 Å². The average molecular weight is 314 g/mol. The molecule has 0 aliphatic rings. The second-order valence-corrected chi connectivity index (χ2v) is 4.65. The molecule has 0 spiro atoms. The summed E-state index contributed by atoms with van der Waals surface area (Å²) < 4.78 is 47.6. The lowest BCUT2D eigenvalue weighted by Gasteiger charge is -2.13. The van der Waals surface area contributed by atoms with Crippen LogP contribution >= 0.6 is 0 Å². The summed E-state index contributed by atoms with van der Waals surface area (Å²) in [4.78, 5) is 11.2. The van der Waals surface area contributed by atoms with Gasteiger partial charge in [0.05, 0.1) is 17.7 Å². The number of ether oxygens (including phenoxy) is 1. The van der Waals surface area contributed by atoms with Crippen LogP contribution in [0.4, 0.5) is 13.2 Å². The lowest BCUT2D eigenvalue weighted by molar-refractivity contribution is -0.142. The van der Waals surface area contributed by atoms with Crippen molar-refractivity contribution in [1.29, 1.82) is 0 Å². The van der Waals surface area contributed by atoms with Crippen LogP contribution in [0.15, 0.2) is 47.1 Å². The summed E-state index contributed by atoms with van der Waals surface area (Å²) in [7, 11) is 0. The molecule has 118 valence electrons. The Morgan fingerprint density at radius 2 is 1.91 bits per heavy atom. The third-order valence-electron chi connectivity index (χ3n) is 3.01. The Labute approximate surface area is 124 Å². The molecule has 1 aromatic heterocycles. The van der Waals surface area contributed by atoms with Gasteiger partial charge in [0.15, 0.2) is 0 Å². The Kier molecular flexibility index (Phi) is 4.75. The number of alkyl halides is 3. The monoisotopic (exact) mass is 314 g/mol. The molecule has 1 N–H and O–H groups in total. The van der Waals surface area contributed by atoms with Gasteiger partial charge >= 0.3 is 12.1 Å². The minimum absolute atomic E-state index is 0.142. The zero-order valence-electron chi connectivity index (χ0n) is 11.3. The van der Waals surface area contributed by atoms with Gasteiger partial charge in [-0.15, -0.1) is 0 Å². The van der Waals surface area contributed by atoms with Gasteiger partial charge in [0.2, 0.25) is 0 Å². The fourth-order valence-electron chi connectivity index (χ4n) is 1.83. The summed E-state index contributed by atoms with van der Waals surface area (Å²) in [6.07, 6.45) is -2.84. The predicted molar refractivity (Wildman–Crippen MR) is 70.5 cm³/mol. The molecule has 0 bridgehead atoms. The van der Waals surface area contributed by atoms with Crippen molar-refractivity contribution in [2.75, 3.05) is 6.61 Å². The molecule has 0 aliphatic carbocycles. The van der Waals surface area contributed by atoms with Crippen LogP contribution in [0.5, 0.6) is 5.75 Å². The molecule has 22 heavy (non-hydrogen) atoms. The smallest absolute Gasteiger partial charge is 0.416 e. The lowest BCUT2D eigenvalue weighted by atomic mass is 10.1. The number of carboxylic acids is 1. The van der Waals surface area contributed by atoms with E-state index in [1.54, 1.807) is 12.1 Å². The third kappa shape index (κ3) is 4.28. The first-order valence-electron chi connectivity index (χ1n) is 6.41.